The van der Waals surface area contributed by atoms with Gasteiger partial charge in [-0.25, -0.2) is 0 Å². The zero-order chi connectivity index (χ0) is 23.6. The number of rotatable bonds is 7. The molecule has 1 aliphatic rings. The minimum Gasteiger partial charge on any atom is -0.493 e. The van der Waals surface area contributed by atoms with E-state index in [-0.39, 0.29) is 17.4 Å². The Morgan fingerprint density at radius 3 is 2.42 bits per heavy atom. The summed E-state index contributed by atoms with van der Waals surface area (Å²) in [6.45, 7) is 12.0. The monoisotopic (exact) mass is 447 g/mol. The zero-order valence-electron chi connectivity index (χ0n) is 20.2. The minimum absolute atomic E-state index is 0.101. The fourth-order valence-electron chi connectivity index (χ4n) is 3.95. The molecule has 0 N–H and O–H groups in total. The molecule has 6 nitrogen and oxygen atoms in total. The van der Waals surface area contributed by atoms with Gasteiger partial charge < -0.3 is 14.2 Å². The van der Waals surface area contributed by atoms with Gasteiger partial charge in [0.15, 0.2) is 0 Å². The lowest BCUT2D eigenvalue weighted by molar-refractivity contribution is -0.129. The van der Waals surface area contributed by atoms with E-state index in [0.717, 1.165) is 16.9 Å². The second-order valence-corrected chi connectivity index (χ2v) is 10.2. The first-order chi connectivity index (χ1) is 15.7. The van der Waals surface area contributed by atoms with Gasteiger partial charge >= 0.3 is 0 Å². The Hall–Kier alpha value is -3.15. The van der Waals surface area contributed by atoms with Gasteiger partial charge in [0.1, 0.15) is 11.8 Å². The van der Waals surface area contributed by atoms with Gasteiger partial charge in [-0.05, 0) is 53.1 Å². The lowest BCUT2D eigenvalue weighted by Crippen LogP contribution is -2.27. The summed E-state index contributed by atoms with van der Waals surface area (Å²) in [5, 5.41) is 4.18. The number of benzene rings is 2. The van der Waals surface area contributed by atoms with Crippen molar-refractivity contribution in [3.8, 4) is 17.1 Å². The maximum Gasteiger partial charge on any atom is 0.249 e. The lowest BCUT2D eigenvalue weighted by atomic mass is 9.87. The molecule has 33 heavy (non-hydrogen) atoms. The van der Waals surface area contributed by atoms with Crippen molar-refractivity contribution in [1.29, 1.82) is 0 Å². The van der Waals surface area contributed by atoms with Crippen molar-refractivity contribution in [2.24, 2.45) is 5.92 Å². The Balaban J connectivity index is 1.47. The van der Waals surface area contributed by atoms with Crippen LogP contribution in [-0.4, -0.2) is 27.6 Å². The third-order valence-corrected chi connectivity index (χ3v) is 5.92. The number of likely N-dealkylation sites (tertiary alicyclic amines) is 1. The summed E-state index contributed by atoms with van der Waals surface area (Å²) in [7, 11) is 0. The predicted molar refractivity (Wildman–Crippen MR) is 128 cm³/mol. The first-order valence-corrected chi connectivity index (χ1v) is 11.7. The number of nitrogens with zero attached hydrogens (tertiary/aromatic N) is 3. The van der Waals surface area contributed by atoms with Crippen LogP contribution in [0.15, 0.2) is 53.1 Å². The van der Waals surface area contributed by atoms with E-state index in [0.29, 0.717) is 43.6 Å². The number of aromatic nitrogens is 2. The molecule has 0 saturated carbocycles. The van der Waals surface area contributed by atoms with E-state index in [1.165, 1.54) is 5.56 Å². The molecule has 3 aromatic rings. The first kappa shape index (κ1) is 23.0. The van der Waals surface area contributed by atoms with Crippen LogP contribution >= 0.6 is 0 Å². The van der Waals surface area contributed by atoms with Gasteiger partial charge in [-0.2, -0.15) is 4.98 Å². The van der Waals surface area contributed by atoms with E-state index < -0.39 is 0 Å². The van der Waals surface area contributed by atoms with Gasteiger partial charge in [0.2, 0.25) is 17.6 Å². The number of carbonyl (C=O) groups excluding carboxylic acids is 1. The van der Waals surface area contributed by atoms with Crippen LogP contribution in [0.25, 0.3) is 11.4 Å². The number of amides is 1. The number of ether oxygens (including phenoxy) is 1. The Morgan fingerprint density at radius 2 is 1.79 bits per heavy atom. The molecule has 1 amide bonds. The van der Waals surface area contributed by atoms with Crippen LogP contribution in [0, 0.1) is 5.92 Å². The van der Waals surface area contributed by atoms with Crippen molar-refractivity contribution in [3.05, 3.63) is 65.5 Å². The summed E-state index contributed by atoms with van der Waals surface area (Å²) in [5.41, 5.74) is 3.33. The van der Waals surface area contributed by atoms with Crippen LogP contribution in [0.3, 0.4) is 0 Å². The second kappa shape index (κ2) is 9.38. The zero-order valence-corrected chi connectivity index (χ0v) is 20.2. The van der Waals surface area contributed by atoms with E-state index in [1.54, 1.807) is 0 Å². The van der Waals surface area contributed by atoms with E-state index in [9.17, 15) is 4.79 Å². The standard InChI is InChI=1S/C27H33N3O3/c1-18(2)17-32-22-12-8-20(9-13-22)25-28-26(33-29-25)23-14-15-24(31)30(23)16-19-6-10-21(11-7-19)27(3,4)5/h6-13,18,23H,14-17H2,1-5H3. The number of carbonyl (C=O) groups is 1. The molecule has 1 unspecified atom stereocenters. The van der Waals surface area contributed by atoms with Gasteiger partial charge in [-0.15, -0.1) is 0 Å². The Morgan fingerprint density at radius 1 is 1.09 bits per heavy atom. The third kappa shape index (κ3) is 5.44. The normalized spacial score (nSPS) is 16.6. The average Bonchev–Trinajstić information content (AvgIpc) is 3.40. The number of hydrogen-bond donors (Lipinski definition) is 0. The molecule has 6 heteroatoms. The van der Waals surface area contributed by atoms with Gasteiger partial charge in [0.25, 0.3) is 0 Å². The number of hydrogen-bond acceptors (Lipinski definition) is 5. The quantitative estimate of drug-likeness (QED) is 0.449. The molecule has 1 aliphatic heterocycles. The molecule has 174 valence electrons. The van der Waals surface area contributed by atoms with Crippen LogP contribution in [0.4, 0.5) is 0 Å². The van der Waals surface area contributed by atoms with Crippen LogP contribution in [-0.2, 0) is 16.8 Å². The van der Waals surface area contributed by atoms with Gasteiger partial charge in [0.05, 0.1) is 6.61 Å². The fourth-order valence-corrected chi connectivity index (χ4v) is 3.95. The summed E-state index contributed by atoms with van der Waals surface area (Å²) in [5.74, 6) is 2.42. The molecule has 1 atom stereocenters. The molecule has 0 bridgehead atoms. The lowest BCUT2D eigenvalue weighted by Gasteiger charge is -2.23. The van der Waals surface area contributed by atoms with Crippen molar-refractivity contribution in [2.75, 3.05) is 6.61 Å². The maximum atomic E-state index is 12.6. The second-order valence-electron chi connectivity index (χ2n) is 10.2. The molecule has 0 aliphatic carbocycles. The van der Waals surface area contributed by atoms with E-state index >= 15 is 0 Å². The van der Waals surface area contributed by atoms with Crippen molar-refractivity contribution >= 4 is 5.91 Å². The first-order valence-electron chi connectivity index (χ1n) is 11.7. The molecule has 2 heterocycles. The average molecular weight is 448 g/mol. The topological polar surface area (TPSA) is 68.5 Å². The highest BCUT2D eigenvalue weighted by Gasteiger charge is 2.36. The summed E-state index contributed by atoms with van der Waals surface area (Å²) < 4.78 is 11.4. The molecular formula is C27H33N3O3. The molecule has 1 fully saturated rings. The molecule has 0 spiro atoms. The summed E-state index contributed by atoms with van der Waals surface area (Å²) in [6, 6.07) is 16.0. The van der Waals surface area contributed by atoms with E-state index in [2.05, 4.69) is 69.0 Å². The van der Waals surface area contributed by atoms with E-state index in [1.807, 2.05) is 29.2 Å². The SMILES string of the molecule is CC(C)COc1ccc(-c2noc(C3CCC(=O)N3Cc3ccc(C(C)(C)C)cc3)n2)cc1. The van der Waals surface area contributed by atoms with Crippen molar-refractivity contribution in [1.82, 2.24) is 15.0 Å². The molecule has 2 aromatic carbocycles. The molecule has 4 rings (SSSR count). The summed E-state index contributed by atoms with van der Waals surface area (Å²) in [4.78, 5) is 19.1. The molecule has 1 aromatic heterocycles. The predicted octanol–water partition coefficient (Wildman–Crippen LogP) is 5.93. The minimum atomic E-state index is -0.199. The summed E-state index contributed by atoms with van der Waals surface area (Å²) >= 11 is 0. The van der Waals surface area contributed by atoms with E-state index in [4.69, 9.17) is 9.26 Å². The van der Waals surface area contributed by atoms with Crippen molar-refractivity contribution < 1.29 is 14.1 Å². The van der Waals surface area contributed by atoms with Crippen LogP contribution in [0.5, 0.6) is 5.75 Å². The highest BCUT2D eigenvalue weighted by molar-refractivity contribution is 5.78. The van der Waals surface area contributed by atoms with Crippen LogP contribution in [0.2, 0.25) is 0 Å². The van der Waals surface area contributed by atoms with Gasteiger partial charge in [-0.3, -0.25) is 4.79 Å². The highest BCUT2D eigenvalue weighted by atomic mass is 16.5. The fraction of sp³-hybridized carbons (Fsp3) is 0.444. The maximum absolute atomic E-state index is 12.6. The highest BCUT2D eigenvalue weighted by Crippen LogP contribution is 2.34. The Kier molecular flexibility index (Phi) is 6.54. The Labute approximate surface area is 196 Å². The van der Waals surface area contributed by atoms with Gasteiger partial charge in [0, 0.05) is 18.5 Å². The third-order valence-electron chi connectivity index (χ3n) is 5.92. The van der Waals surface area contributed by atoms with Gasteiger partial charge in [-0.1, -0.05) is 64.0 Å². The van der Waals surface area contributed by atoms with Crippen LogP contribution < -0.4 is 4.74 Å². The van der Waals surface area contributed by atoms with Crippen LogP contribution in [0.1, 0.15) is 70.5 Å². The molecular weight excluding hydrogens is 414 g/mol. The van der Waals surface area contributed by atoms with Crippen molar-refractivity contribution in [2.45, 2.75) is 65.5 Å². The largest absolute Gasteiger partial charge is 0.493 e. The van der Waals surface area contributed by atoms with Crippen molar-refractivity contribution in [3.63, 3.8) is 0 Å². The summed E-state index contributed by atoms with van der Waals surface area (Å²) in [6.07, 6.45) is 1.17. The molecule has 0 radical (unpaired) electrons. The Bertz CT molecular complexity index is 1080. The smallest absolute Gasteiger partial charge is 0.249 e. The molecule has 1 saturated heterocycles.